The van der Waals surface area contributed by atoms with E-state index in [0.29, 0.717) is 44.1 Å². The molecular weight excluding hydrogens is 1190 g/mol. The summed E-state index contributed by atoms with van der Waals surface area (Å²) in [5.74, 6) is -7.39. The number of carbonyl (C=O) groups excluding carboxylic acids is 11. The number of nitrogens with one attached hydrogen (secondary N) is 4. The lowest BCUT2D eigenvalue weighted by atomic mass is 9.84. The maximum absolute atomic E-state index is 15.2. The standard InChI is InChI=1S/C64H97ClF3N11O11/c1-12-38(2)53-61(89)74(7)36-51(81)73(6)37-52(82)77(10)49(35-42-21-14-13-15-22-42)60(88)76(9)41(5)55(83)70-47(29-27-43-26-28-45(46(65)34-43)64(66,67)68)59(87)79-32-20-25-48(79)57(85)72-63(30-18-19-31-63)62(90)78(11)54(44-23-16-17-24-44)58(86)69-39(3)33-50(80)75(8)40(4)56(84)71-53/h26,28,34,38-42,44,47-49,53-54H,12-25,27,29-33,35-37H2,1-11H3,(H,69,86)(H,70,83)(H,71,84)(H,72,85)/t38-,39+,40-,41+,47-,48?,49-,53-,54-/m0/s1. The van der Waals surface area contributed by atoms with E-state index >= 15 is 9.59 Å². The lowest BCUT2D eigenvalue weighted by Gasteiger charge is -2.40. The quantitative estimate of drug-likeness (QED) is 0.268. The molecule has 0 bridgehead atoms. The van der Waals surface area contributed by atoms with Crippen molar-refractivity contribution in [2.75, 3.05) is 61.9 Å². The Kier molecular flexibility index (Phi) is 25.5. The smallest absolute Gasteiger partial charge is 0.351 e. The highest BCUT2D eigenvalue weighted by Gasteiger charge is 2.50. The van der Waals surface area contributed by atoms with E-state index in [-0.39, 0.29) is 63.3 Å². The summed E-state index contributed by atoms with van der Waals surface area (Å²) in [6, 6.07) is -5.78. The number of halogens is 4. The lowest BCUT2D eigenvalue weighted by molar-refractivity contribution is -0.150. The van der Waals surface area contributed by atoms with Crippen molar-refractivity contribution in [3.63, 3.8) is 0 Å². The summed E-state index contributed by atoms with van der Waals surface area (Å²) < 4.78 is 41.4. The van der Waals surface area contributed by atoms with Gasteiger partial charge in [-0.15, -0.1) is 0 Å². The molecule has 1 unspecified atom stereocenters. The van der Waals surface area contributed by atoms with Crippen molar-refractivity contribution >= 4 is 76.6 Å². The summed E-state index contributed by atoms with van der Waals surface area (Å²) in [7, 11) is 8.58. The van der Waals surface area contributed by atoms with E-state index in [1.54, 1.807) is 13.8 Å². The molecule has 22 nitrogen and oxygen atoms in total. The number of hydrogen-bond donors (Lipinski definition) is 4. The molecule has 1 aromatic carbocycles. The van der Waals surface area contributed by atoms with Crippen LogP contribution in [-0.4, -0.2) is 215 Å². The predicted octanol–water partition coefficient (Wildman–Crippen LogP) is 5.06. The Balaban J connectivity index is 1.36. The van der Waals surface area contributed by atoms with Crippen LogP contribution in [0.3, 0.4) is 0 Å². The molecule has 0 aromatic heterocycles. The maximum atomic E-state index is 15.2. The molecule has 0 radical (unpaired) electrons. The molecule has 11 amide bonds. The van der Waals surface area contributed by atoms with E-state index in [1.807, 2.05) is 6.92 Å². The van der Waals surface area contributed by atoms with Crippen molar-refractivity contribution in [3.05, 3.63) is 34.3 Å². The van der Waals surface area contributed by atoms with Crippen LogP contribution in [0.15, 0.2) is 18.2 Å². The van der Waals surface area contributed by atoms with E-state index < -0.39 is 155 Å². The third-order valence-corrected chi connectivity index (χ3v) is 20.2. The van der Waals surface area contributed by atoms with E-state index in [1.165, 1.54) is 86.7 Å². The van der Waals surface area contributed by atoms with Gasteiger partial charge in [-0.3, -0.25) is 52.7 Å². The molecule has 90 heavy (non-hydrogen) atoms. The van der Waals surface area contributed by atoms with Gasteiger partial charge in [0.1, 0.15) is 47.8 Å². The Bertz CT molecular complexity index is 2790. The number of aryl methyl sites for hydroxylation is 1. The number of amides is 11. The van der Waals surface area contributed by atoms with Crippen LogP contribution in [0.1, 0.15) is 168 Å². The van der Waals surface area contributed by atoms with Gasteiger partial charge in [0.05, 0.1) is 23.7 Å². The van der Waals surface area contributed by atoms with Gasteiger partial charge in [-0.2, -0.15) is 13.2 Å². The third kappa shape index (κ3) is 17.7. The second-order valence-electron chi connectivity index (χ2n) is 26.3. The zero-order chi connectivity index (χ0) is 66.7. The molecule has 5 aliphatic rings. The summed E-state index contributed by atoms with van der Waals surface area (Å²) in [4.78, 5) is 168. The number of alkyl halides is 3. The van der Waals surface area contributed by atoms with Crippen molar-refractivity contribution < 1.29 is 65.9 Å². The van der Waals surface area contributed by atoms with Gasteiger partial charge < -0.3 is 55.6 Å². The first-order valence-corrected chi connectivity index (χ1v) is 32.6. The van der Waals surface area contributed by atoms with Gasteiger partial charge in [-0.1, -0.05) is 95.7 Å². The van der Waals surface area contributed by atoms with Gasteiger partial charge in [0.25, 0.3) is 0 Å². The van der Waals surface area contributed by atoms with Gasteiger partial charge in [0.15, 0.2) is 0 Å². The minimum atomic E-state index is -4.74. The van der Waals surface area contributed by atoms with Crippen LogP contribution in [0, 0.1) is 17.8 Å². The fourth-order valence-corrected chi connectivity index (χ4v) is 13.9. The van der Waals surface area contributed by atoms with Gasteiger partial charge in [-0.05, 0) is 114 Å². The predicted molar refractivity (Wildman–Crippen MR) is 330 cm³/mol. The normalized spacial score (nSPS) is 28.1. The summed E-state index contributed by atoms with van der Waals surface area (Å²) >= 11 is 6.13. The molecule has 3 aliphatic carbocycles. The van der Waals surface area contributed by atoms with E-state index in [2.05, 4.69) is 21.3 Å². The Labute approximate surface area is 533 Å². The van der Waals surface area contributed by atoms with Crippen LogP contribution in [0.25, 0.3) is 0 Å². The van der Waals surface area contributed by atoms with Crippen LogP contribution in [0.2, 0.25) is 5.02 Å². The Morgan fingerprint density at radius 2 is 1.23 bits per heavy atom. The Morgan fingerprint density at radius 3 is 1.84 bits per heavy atom. The first kappa shape index (κ1) is 72.5. The SMILES string of the molecule is CC[C@H](C)[C@@H]1NC(=O)[C@H](C)N(C)C(=O)C[C@@H](C)NC(=O)[C@H](C2CCCC2)N(C)C(=O)C2(CCCC2)NC(=O)C2CCCN2C(=O)[C@H](CCc2ccc(C(F)(F)F)c(Cl)c2)NC(=O)[C@@H](C)N(C)C(=O)[C@H](CC2CCCCC2)N(C)C(=O)CN(C)C(=O)CN(C)C1=O. The van der Waals surface area contributed by atoms with Crippen LogP contribution in [0.5, 0.6) is 0 Å². The highest BCUT2D eigenvalue weighted by atomic mass is 35.5. The number of benzene rings is 1. The van der Waals surface area contributed by atoms with Crippen molar-refractivity contribution in [2.45, 2.75) is 223 Å². The summed E-state index contributed by atoms with van der Waals surface area (Å²) in [5, 5.41) is 11.0. The van der Waals surface area contributed by atoms with Crippen LogP contribution >= 0.6 is 11.6 Å². The highest BCUT2D eigenvalue weighted by molar-refractivity contribution is 6.31. The van der Waals surface area contributed by atoms with Gasteiger partial charge in [0, 0.05) is 61.3 Å². The van der Waals surface area contributed by atoms with Crippen LogP contribution in [-0.2, 0) is 65.3 Å². The molecule has 1 spiro atoms. The summed E-state index contributed by atoms with van der Waals surface area (Å²) in [5.41, 5.74) is -2.22. The van der Waals surface area contributed by atoms with Crippen molar-refractivity contribution in [1.29, 1.82) is 0 Å². The molecule has 26 heteroatoms. The second-order valence-corrected chi connectivity index (χ2v) is 26.7. The number of fused-ring (bicyclic) bond motifs is 1. The maximum Gasteiger partial charge on any atom is 0.417 e. The van der Waals surface area contributed by atoms with Gasteiger partial charge >= 0.3 is 6.18 Å². The molecular formula is C64H97ClF3N11O11. The first-order valence-electron chi connectivity index (χ1n) is 32.3. The van der Waals surface area contributed by atoms with E-state index in [0.717, 1.165) is 66.9 Å². The number of rotatable bonds is 8. The zero-order valence-electron chi connectivity index (χ0n) is 54.5. The molecule has 5 fully saturated rings. The largest absolute Gasteiger partial charge is 0.417 e. The number of likely N-dealkylation sites (N-methyl/N-ethyl adjacent to an activating group) is 6. The van der Waals surface area contributed by atoms with Gasteiger partial charge in [-0.25, -0.2) is 0 Å². The molecule has 2 heterocycles. The molecule has 9 atom stereocenters. The molecule has 2 aliphatic heterocycles. The monoisotopic (exact) mass is 1290 g/mol. The minimum Gasteiger partial charge on any atom is -0.351 e. The molecule has 2 saturated heterocycles. The fraction of sp³-hybridized carbons (Fsp3) is 0.734. The Morgan fingerprint density at radius 1 is 0.633 bits per heavy atom. The number of carbonyl (C=O) groups is 11. The summed E-state index contributed by atoms with van der Waals surface area (Å²) in [6.45, 7) is 7.25. The molecule has 3 saturated carbocycles. The van der Waals surface area contributed by atoms with Crippen LogP contribution < -0.4 is 21.3 Å². The average molecular weight is 1290 g/mol. The highest BCUT2D eigenvalue weighted by Crippen LogP contribution is 2.38. The van der Waals surface area contributed by atoms with E-state index in [9.17, 15) is 56.3 Å². The Hall–Kier alpha value is -6.53. The minimum absolute atomic E-state index is 0.0288. The summed E-state index contributed by atoms with van der Waals surface area (Å²) in [6.07, 6.45) is 4.83. The van der Waals surface area contributed by atoms with Crippen molar-refractivity contribution in [3.8, 4) is 0 Å². The molecule has 1 aromatic rings. The van der Waals surface area contributed by atoms with E-state index in [4.69, 9.17) is 11.6 Å². The average Bonchev–Trinajstić information content (AvgIpc) is 1.55. The number of nitrogens with zero attached hydrogens (tertiary/aromatic N) is 7. The molecule has 4 N–H and O–H groups in total. The first-order chi connectivity index (χ1) is 42.3. The third-order valence-electron chi connectivity index (χ3n) is 19.9. The fourth-order valence-electron chi connectivity index (χ4n) is 13.6. The topological polar surface area (TPSA) is 259 Å². The second kappa shape index (κ2) is 31.7. The van der Waals surface area contributed by atoms with Gasteiger partial charge in [0.2, 0.25) is 65.0 Å². The van der Waals surface area contributed by atoms with Crippen molar-refractivity contribution in [1.82, 2.24) is 55.6 Å². The number of hydrogen-bond acceptors (Lipinski definition) is 11. The lowest BCUT2D eigenvalue weighted by Crippen LogP contribution is -2.64. The molecule has 502 valence electrons. The van der Waals surface area contributed by atoms with Crippen molar-refractivity contribution in [2.24, 2.45) is 17.8 Å². The molecule has 6 rings (SSSR count). The zero-order valence-corrected chi connectivity index (χ0v) is 55.2. The van der Waals surface area contributed by atoms with Crippen LogP contribution in [0.4, 0.5) is 13.2 Å².